The van der Waals surface area contributed by atoms with E-state index in [-0.39, 0.29) is 0 Å². The van der Waals surface area contributed by atoms with Crippen molar-refractivity contribution in [2.75, 3.05) is 19.6 Å². The predicted octanol–water partition coefficient (Wildman–Crippen LogP) is 0.833. The number of rotatable bonds is 1. The van der Waals surface area contributed by atoms with E-state index in [9.17, 15) is 0 Å². The summed E-state index contributed by atoms with van der Waals surface area (Å²) in [5.74, 6) is 0. The predicted molar refractivity (Wildman–Crippen MR) is 46.7 cm³/mol. The van der Waals surface area contributed by atoms with Crippen molar-refractivity contribution >= 4 is 0 Å². The van der Waals surface area contributed by atoms with Gasteiger partial charge in [0.2, 0.25) is 0 Å². The summed E-state index contributed by atoms with van der Waals surface area (Å²) in [4.78, 5) is 2.68. The van der Waals surface area contributed by atoms with E-state index >= 15 is 0 Å². The zero-order valence-corrected chi connectivity index (χ0v) is 7.34. The van der Waals surface area contributed by atoms with Gasteiger partial charge >= 0.3 is 0 Å². The summed E-state index contributed by atoms with van der Waals surface area (Å²) in [7, 11) is 0. The lowest BCUT2D eigenvalue weighted by atomic mass is 10.1. The van der Waals surface area contributed by atoms with E-state index in [1.54, 1.807) is 0 Å². The Balaban J connectivity index is 2.06. The van der Waals surface area contributed by atoms with E-state index in [1.165, 1.54) is 38.9 Å². The second-order valence-electron chi connectivity index (χ2n) is 3.71. The third-order valence-electron chi connectivity index (χ3n) is 3.17. The Kier molecular flexibility index (Phi) is 2.14. The third kappa shape index (κ3) is 1.30. The van der Waals surface area contributed by atoms with E-state index in [0.29, 0.717) is 0 Å². The zero-order chi connectivity index (χ0) is 7.68. The molecule has 2 bridgehead atoms. The summed E-state index contributed by atoms with van der Waals surface area (Å²) >= 11 is 0. The van der Waals surface area contributed by atoms with Gasteiger partial charge in [0.1, 0.15) is 0 Å². The SMILES string of the molecule is CCN1C2CCNCC1CC2. The second-order valence-corrected chi connectivity index (χ2v) is 3.71. The van der Waals surface area contributed by atoms with Crippen LogP contribution in [0.25, 0.3) is 0 Å². The monoisotopic (exact) mass is 154 g/mol. The van der Waals surface area contributed by atoms with Crippen LogP contribution in [0.1, 0.15) is 26.2 Å². The van der Waals surface area contributed by atoms with Crippen LogP contribution in [0.15, 0.2) is 0 Å². The summed E-state index contributed by atoms with van der Waals surface area (Å²) < 4.78 is 0. The van der Waals surface area contributed by atoms with Crippen LogP contribution in [-0.4, -0.2) is 36.6 Å². The standard InChI is InChI=1S/C9H18N2/c1-2-11-8-3-4-9(11)7-10-6-5-8/h8-10H,2-7H2,1H3. The highest BCUT2D eigenvalue weighted by Gasteiger charge is 2.33. The molecule has 64 valence electrons. The minimum Gasteiger partial charge on any atom is -0.315 e. The topological polar surface area (TPSA) is 15.3 Å². The first kappa shape index (κ1) is 7.56. The molecule has 2 atom stereocenters. The first-order valence-corrected chi connectivity index (χ1v) is 4.88. The largest absolute Gasteiger partial charge is 0.315 e. The normalized spacial score (nSPS) is 39.0. The maximum absolute atomic E-state index is 3.50. The molecule has 2 rings (SSSR count). The third-order valence-corrected chi connectivity index (χ3v) is 3.17. The summed E-state index contributed by atoms with van der Waals surface area (Å²) in [6.07, 6.45) is 4.23. The highest BCUT2D eigenvalue weighted by atomic mass is 15.2. The molecule has 1 N–H and O–H groups in total. The fourth-order valence-electron chi connectivity index (χ4n) is 2.60. The van der Waals surface area contributed by atoms with Gasteiger partial charge < -0.3 is 5.32 Å². The van der Waals surface area contributed by atoms with Gasteiger partial charge in [-0.2, -0.15) is 0 Å². The van der Waals surface area contributed by atoms with Gasteiger partial charge in [-0.3, -0.25) is 4.90 Å². The van der Waals surface area contributed by atoms with E-state index < -0.39 is 0 Å². The first-order valence-electron chi connectivity index (χ1n) is 4.88. The molecular formula is C9H18N2. The van der Waals surface area contributed by atoms with Gasteiger partial charge in [-0.25, -0.2) is 0 Å². The first-order chi connectivity index (χ1) is 5.42. The fourth-order valence-corrected chi connectivity index (χ4v) is 2.60. The van der Waals surface area contributed by atoms with Crippen molar-refractivity contribution in [3.63, 3.8) is 0 Å². The van der Waals surface area contributed by atoms with E-state index in [0.717, 1.165) is 12.1 Å². The van der Waals surface area contributed by atoms with Crippen molar-refractivity contribution < 1.29 is 0 Å². The zero-order valence-electron chi connectivity index (χ0n) is 7.34. The van der Waals surface area contributed by atoms with Crippen LogP contribution < -0.4 is 5.32 Å². The van der Waals surface area contributed by atoms with Crippen LogP contribution >= 0.6 is 0 Å². The molecule has 2 unspecified atom stereocenters. The Labute approximate surface area is 69.0 Å². The molecular weight excluding hydrogens is 136 g/mol. The van der Waals surface area contributed by atoms with Gasteiger partial charge in [0.25, 0.3) is 0 Å². The number of likely N-dealkylation sites (N-methyl/N-ethyl adjacent to an activating group) is 1. The summed E-state index contributed by atoms with van der Waals surface area (Å²) in [6, 6.07) is 1.76. The molecule has 0 amide bonds. The van der Waals surface area contributed by atoms with Crippen molar-refractivity contribution in [1.82, 2.24) is 10.2 Å². The van der Waals surface area contributed by atoms with Crippen LogP contribution in [0.2, 0.25) is 0 Å². The van der Waals surface area contributed by atoms with Crippen LogP contribution in [-0.2, 0) is 0 Å². The maximum atomic E-state index is 3.50. The van der Waals surface area contributed by atoms with Crippen molar-refractivity contribution in [1.29, 1.82) is 0 Å². The van der Waals surface area contributed by atoms with Gasteiger partial charge in [-0.15, -0.1) is 0 Å². The van der Waals surface area contributed by atoms with Crippen molar-refractivity contribution in [2.24, 2.45) is 0 Å². The average molecular weight is 154 g/mol. The highest BCUT2D eigenvalue weighted by molar-refractivity contribution is 4.90. The van der Waals surface area contributed by atoms with E-state index in [2.05, 4.69) is 17.1 Å². The quantitative estimate of drug-likeness (QED) is 0.602. The van der Waals surface area contributed by atoms with Gasteiger partial charge in [0.05, 0.1) is 0 Å². The molecule has 2 aliphatic rings. The van der Waals surface area contributed by atoms with Gasteiger partial charge in [-0.05, 0) is 32.4 Å². The molecule has 2 nitrogen and oxygen atoms in total. The Morgan fingerprint density at radius 2 is 2.09 bits per heavy atom. The number of nitrogens with zero attached hydrogens (tertiary/aromatic N) is 1. The number of hydrogen-bond acceptors (Lipinski definition) is 2. The van der Waals surface area contributed by atoms with Gasteiger partial charge in [0, 0.05) is 18.6 Å². The Bertz CT molecular complexity index is 122. The second kappa shape index (κ2) is 3.11. The van der Waals surface area contributed by atoms with Crippen molar-refractivity contribution in [2.45, 2.75) is 38.3 Å². The Hall–Kier alpha value is -0.0800. The van der Waals surface area contributed by atoms with Crippen molar-refractivity contribution in [3.8, 4) is 0 Å². The van der Waals surface area contributed by atoms with Crippen LogP contribution in [0.4, 0.5) is 0 Å². The Morgan fingerprint density at radius 1 is 1.27 bits per heavy atom. The summed E-state index contributed by atoms with van der Waals surface area (Å²) in [5.41, 5.74) is 0. The lowest BCUT2D eigenvalue weighted by molar-refractivity contribution is 0.214. The smallest absolute Gasteiger partial charge is 0.0224 e. The molecule has 0 radical (unpaired) electrons. The Morgan fingerprint density at radius 3 is 2.91 bits per heavy atom. The molecule has 2 saturated heterocycles. The van der Waals surface area contributed by atoms with Gasteiger partial charge in [0.15, 0.2) is 0 Å². The lowest BCUT2D eigenvalue weighted by Gasteiger charge is -2.25. The molecule has 2 heteroatoms. The van der Waals surface area contributed by atoms with Crippen molar-refractivity contribution in [3.05, 3.63) is 0 Å². The molecule has 0 aliphatic carbocycles. The summed E-state index contributed by atoms with van der Waals surface area (Å²) in [6.45, 7) is 6.00. The van der Waals surface area contributed by atoms with Crippen LogP contribution in [0, 0.1) is 0 Å². The average Bonchev–Trinajstić information content (AvgIpc) is 2.23. The van der Waals surface area contributed by atoms with E-state index in [1.807, 2.05) is 0 Å². The minimum atomic E-state index is 0.854. The fraction of sp³-hybridized carbons (Fsp3) is 1.00. The summed E-state index contributed by atoms with van der Waals surface area (Å²) in [5, 5.41) is 3.50. The molecule has 0 aromatic rings. The molecule has 2 heterocycles. The van der Waals surface area contributed by atoms with Crippen LogP contribution in [0.5, 0.6) is 0 Å². The maximum Gasteiger partial charge on any atom is 0.0224 e. The molecule has 0 spiro atoms. The molecule has 2 fully saturated rings. The number of hydrogen-bond donors (Lipinski definition) is 1. The minimum absolute atomic E-state index is 0.854. The van der Waals surface area contributed by atoms with Crippen LogP contribution in [0.3, 0.4) is 0 Å². The van der Waals surface area contributed by atoms with E-state index in [4.69, 9.17) is 0 Å². The lowest BCUT2D eigenvalue weighted by Crippen LogP contribution is -2.37. The molecule has 0 aromatic heterocycles. The highest BCUT2D eigenvalue weighted by Crippen LogP contribution is 2.26. The van der Waals surface area contributed by atoms with Gasteiger partial charge in [-0.1, -0.05) is 6.92 Å². The molecule has 2 aliphatic heterocycles. The molecule has 0 aromatic carbocycles. The molecule has 11 heavy (non-hydrogen) atoms. The number of nitrogens with one attached hydrogen (secondary N) is 1. The molecule has 0 saturated carbocycles. The number of fused-ring (bicyclic) bond motifs is 2.